The van der Waals surface area contributed by atoms with E-state index in [1.165, 1.54) is 14.2 Å². The van der Waals surface area contributed by atoms with E-state index in [4.69, 9.17) is 0 Å². The van der Waals surface area contributed by atoms with E-state index >= 15 is 0 Å². The normalized spacial score (nSPS) is 11.3. The van der Waals surface area contributed by atoms with E-state index in [2.05, 4.69) is 68.1 Å². The lowest BCUT2D eigenvalue weighted by molar-refractivity contribution is 0.600. The molecular formula is C15H16BrN3S. The average molecular weight is 350 g/mol. The van der Waals surface area contributed by atoms with E-state index in [1.54, 1.807) is 11.3 Å². The molecule has 0 amide bonds. The quantitative estimate of drug-likeness (QED) is 0.706. The Labute approximate surface area is 130 Å². The van der Waals surface area contributed by atoms with Crippen LogP contribution in [0.25, 0.3) is 11.0 Å². The predicted octanol–water partition coefficient (Wildman–Crippen LogP) is 3.96. The highest BCUT2D eigenvalue weighted by Gasteiger charge is 2.05. The molecule has 3 rings (SSSR count). The van der Waals surface area contributed by atoms with Crippen LogP contribution in [0.3, 0.4) is 0 Å². The maximum Gasteiger partial charge on any atom is 0.106 e. The maximum absolute atomic E-state index is 4.58. The average Bonchev–Trinajstić information content (AvgIpc) is 2.98. The molecule has 0 radical (unpaired) electrons. The van der Waals surface area contributed by atoms with E-state index in [-0.39, 0.29) is 0 Å². The lowest BCUT2D eigenvalue weighted by atomic mass is 10.3. The van der Waals surface area contributed by atoms with Gasteiger partial charge >= 0.3 is 0 Å². The van der Waals surface area contributed by atoms with Crippen molar-refractivity contribution in [1.29, 1.82) is 0 Å². The van der Waals surface area contributed by atoms with Gasteiger partial charge in [0.15, 0.2) is 0 Å². The molecule has 0 aliphatic carbocycles. The number of nitrogens with one attached hydrogen (secondary N) is 1. The molecule has 20 heavy (non-hydrogen) atoms. The molecule has 0 spiro atoms. The third-order valence-electron chi connectivity index (χ3n) is 3.29. The van der Waals surface area contributed by atoms with Crippen LogP contribution >= 0.6 is 27.3 Å². The van der Waals surface area contributed by atoms with Gasteiger partial charge in [0.1, 0.15) is 5.82 Å². The molecule has 0 aliphatic rings. The predicted molar refractivity (Wildman–Crippen MR) is 88.2 cm³/mol. The van der Waals surface area contributed by atoms with Crippen LogP contribution in [0.1, 0.15) is 10.7 Å². The number of nitrogens with zero attached hydrogens (tertiary/aromatic N) is 2. The van der Waals surface area contributed by atoms with E-state index in [0.29, 0.717) is 0 Å². The molecule has 0 saturated heterocycles. The minimum absolute atomic E-state index is 0.919. The monoisotopic (exact) mass is 349 g/mol. The second-order valence-electron chi connectivity index (χ2n) is 4.68. The zero-order chi connectivity index (χ0) is 13.9. The highest BCUT2D eigenvalue weighted by molar-refractivity contribution is 9.11. The van der Waals surface area contributed by atoms with Crippen LogP contribution in [0, 0.1) is 6.92 Å². The Morgan fingerprint density at radius 3 is 2.90 bits per heavy atom. The highest BCUT2D eigenvalue weighted by atomic mass is 79.9. The van der Waals surface area contributed by atoms with Crippen molar-refractivity contribution in [3.63, 3.8) is 0 Å². The zero-order valence-electron chi connectivity index (χ0n) is 11.3. The van der Waals surface area contributed by atoms with Crippen LogP contribution in [0.2, 0.25) is 0 Å². The third-order valence-corrected chi connectivity index (χ3v) is 4.91. The van der Waals surface area contributed by atoms with Crippen molar-refractivity contribution < 1.29 is 0 Å². The van der Waals surface area contributed by atoms with Crippen LogP contribution in [0.4, 0.5) is 0 Å². The first-order valence-electron chi connectivity index (χ1n) is 6.61. The number of hydrogen-bond donors (Lipinski definition) is 1. The fraction of sp³-hybridized carbons (Fsp3) is 0.267. The number of rotatable bonds is 5. The van der Waals surface area contributed by atoms with Gasteiger partial charge in [0.25, 0.3) is 0 Å². The molecule has 0 aliphatic heterocycles. The van der Waals surface area contributed by atoms with Gasteiger partial charge in [-0.2, -0.15) is 0 Å². The third kappa shape index (κ3) is 2.95. The number of para-hydroxylation sites is 2. The molecular weight excluding hydrogens is 334 g/mol. The fourth-order valence-electron chi connectivity index (χ4n) is 2.33. The van der Waals surface area contributed by atoms with E-state index in [9.17, 15) is 0 Å². The van der Waals surface area contributed by atoms with Crippen LogP contribution < -0.4 is 5.32 Å². The Balaban J connectivity index is 1.61. The number of imidazole rings is 1. The van der Waals surface area contributed by atoms with Crippen molar-refractivity contribution in [1.82, 2.24) is 14.9 Å². The van der Waals surface area contributed by atoms with Crippen molar-refractivity contribution in [2.45, 2.75) is 20.0 Å². The van der Waals surface area contributed by atoms with Gasteiger partial charge in [-0.25, -0.2) is 4.98 Å². The molecule has 104 valence electrons. The summed E-state index contributed by atoms with van der Waals surface area (Å²) in [6.45, 7) is 4.87. The molecule has 5 heteroatoms. The van der Waals surface area contributed by atoms with Crippen LogP contribution in [0.5, 0.6) is 0 Å². The summed E-state index contributed by atoms with van der Waals surface area (Å²) in [5.74, 6) is 1.08. The Bertz CT molecular complexity index is 717. The molecule has 0 bridgehead atoms. The molecule has 0 saturated carbocycles. The number of fused-ring (bicyclic) bond motifs is 1. The van der Waals surface area contributed by atoms with Crippen molar-refractivity contribution in [3.8, 4) is 0 Å². The largest absolute Gasteiger partial charge is 0.327 e. The van der Waals surface area contributed by atoms with E-state index in [0.717, 1.165) is 31.0 Å². The SMILES string of the molecule is Cc1nc2ccccc2n1CCNCc1ccc(Br)s1. The van der Waals surface area contributed by atoms with Gasteiger partial charge in [0.05, 0.1) is 14.8 Å². The number of aromatic nitrogens is 2. The first kappa shape index (κ1) is 13.8. The summed E-state index contributed by atoms with van der Waals surface area (Å²) in [6, 6.07) is 12.5. The Hall–Kier alpha value is -1.17. The van der Waals surface area contributed by atoms with Crippen molar-refractivity contribution in [2.24, 2.45) is 0 Å². The second-order valence-corrected chi connectivity index (χ2v) is 7.23. The number of halogens is 1. The smallest absolute Gasteiger partial charge is 0.106 e. The Morgan fingerprint density at radius 2 is 2.10 bits per heavy atom. The molecule has 0 atom stereocenters. The number of hydrogen-bond acceptors (Lipinski definition) is 3. The maximum atomic E-state index is 4.58. The van der Waals surface area contributed by atoms with Gasteiger partial charge in [0, 0.05) is 24.5 Å². The van der Waals surface area contributed by atoms with Gasteiger partial charge in [0.2, 0.25) is 0 Å². The summed E-state index contributed by atoms with van der Waals surface area (Å²) in [6.07, 6.45) is 0. The molecule has 0 unspecified atom stereocenters. The number of thiophene rings is 1. The van der Waals surface area contributed by atoms with Gasteiger partial charge in [-0.3, -0.25) is 0 Å². The summed E-state index contributed by atoms with van der Waals surface area (Å²) in [5.41, 5.74) is 2.29. The van der Waals surface area contributed by atoms with Crippen LogP contribution in [-0.2, 0) is 13.1 Å². The summed E-state index contributed by atoms with van der Waals surface area (Å²) in [4.78, 5) is 5.94. The molecule has 3 nitrogen and oxygen atoms in total. The van der Waals surface area contributed by atoms with Crippen molar-refractivity contribution in [3.05, 3.63) is 50.9 Å². The number of benzene rings is 1. The first-order valence-corrected chi connectivity index (χ1v) is 8.22. The van der Waals surface area contributed by atoms with Gasteiger partial charge in [-0.1, -0.05) is 12.1 Å². The minimum atomic E-state index is 0.919. The first-order chi connectivity index (χ1) is 9.74. The van der Waals surface area contributed by atoms with Crippen LogP contribution in [-0.4, -0.2) is 16.1 Å². The van der Waals surface area contributed by atoms with Crippen molar-refractivity contribution in [2.75, 3.05) is 6.54 Å². The Kier molecular flexibility index (Phi) is 4.19. The molecule has 0 fully saturated rings. The molecule has 1 N–H and O–H groups in total. The Morgan fingerprint density at radius 1 is 1.25 bits per heavy atom. The molecule has 3 aromatic rings. The molecule has 2 heterocycles. The fourth-order valence-corrected chi connectivity index (χ4v) is 3.78. The summed E-state index contributed by atoms with van der Waals surface area (Å²) in [5, 5.41) is 3.49. The van der Waals surface area contributed by atoms with E-state index < -0.39 is 0 Å². The lowest BCUT2D eigenvalue weighted by Crippen LogP contribution is -2.19. The zero-order valence-corrected chi connectivity index (χ0v) is 13.7. The van der Waals surface area contributed by atoms with Crippen molar-refractivity contribution >= 4 is 38.3 Å². The number of aryl methyl sites for hydroxylation is 1. The van der Waals surface area contributed by atoms with Gasteiger partial charge in [-0.15, -0.1) is 11.3 Å². The second kappa shape index (κ2) is 6.08. The lowest BCUT2D eigenvalue weighted by Gasteiger charge is -2.07. The summed E-state index contributed by atoms with van der Waals surface area (Å²) >= 11 is 5.26. The van der Waals surface area contributed by atoms with E-state index in [1.807, 2.05) is 6.07 Å². The van der Waals surface area contributed by atoms with Gasteiger partial charge in [-0.05, 0) is 47.1 Å². The highest BCUT2D eigenvalue weighted by Crippen LogP contribution is 2.21. The molecule has 2 aromatic heterocycles. The summed E-state index contributed by atoms with van der Waals surface area (Å²) < 4.78 is 3.46. The summed E-state index contributed by atoms with van der Waals surface area (Å²) in [7, 11) is 0. The molecule has 1 aromatic carbocycles. The van der Waals surface area contributed by atoms with Crippen LogP contribution in [0.15, 0.2) is 40.2 Å². The topological polar surface area (TPSA) is 29.9 Å². The minimum Gasteiger partial charge on any atom is -0.327 e. The van der Waals surface area contributed by atoms with Gasteiger partial charge < -0.3 is 9.88 Å². The standard InChI is InChI=1S/C15H16BrN3S/c1-11-18-13-4-2-3-5-14(13)19(11)9-8-17-10-12-6-7-15(16)20-12/h2-7,17H,8-10H2,1H3.